The second kappa shape index (κ2) is 6.86. The van der Waals surface area contributed by atoms with Crippen LogP contribution in [0.4, 0.5) is 17.5 Å². The van der Waals surface area contributed by atoms with E-state index in [4.69, 9.17) is 5.73 Å². The summed E-state index contributed by atoms with van der Waals surface area (Å²) in [5, 5.41) is 3.31. The predicted molar refractivity (Wildman–Crippen MR) is 95.9 cm³/mol. The Hall–Kier alpha value is -2.63. The Morgan fingerprint density at radius 2 is 2.04 bits per heavy atom. The van der Waals surface area contributed by atoms with Gasteiger partial charge in [0.25, 0.3) is 0 Å². The Balaban J connectivity index is 1.63. The number of nitrogens with one attached hydrogen (secondary N) is 1. The van der Waals surface area contributed by atoms with Gasteiger partial charge in [0.05, 0.1) is 5.69 Å². The molecule has 0 spiro atoms. The van der Waals surface area contributed by atoms with Gasteiger partial charge in [0.2, 0.25) is 11.9 Å². The minimum atomic E-state index is 0.165. The molecule has 1 aliphatic rings. The highest BCUT2D eigenvalue weighted by Gasteiger charge is 2.30. The van der Waals surface area contributed by atoms with E-state index in [1.807, 2.05) is 41.3 Å². The number of carbonyl (C=O) groups is 1. The number of nitrogens with two attached hydrogens (primary N) is 1. The smallest absolute Gasteiger partial charge is 0.227 e. The Kier molecular flexibility index (Phi) is 4.64. The summed E-state index contributed by atoms with van der Waals surface area (Å²) < 4.78 is 0. The number of anilines is 3. The molecule has 24 heavy (non-hydrogen) atoms. The van der Waals surface area contributed by atoms with Crippen molar-refractivity contribution in [3.05, 3.63) is 42.1 Å². The normalized spacial score (nSPS) is 17.5. The summed E-state index contributed by atoms with van der Waals surface area (Å²) in [7, 11) is 0. The van der Waals surface area contributed by atoms with Crippen molar-refractivity contribution in [2.75, 3.05) is 29.0 Å². The molecule has 1 atom stereocenters. The summed E-state index contributed by atoms with van der Waals surface area (Å²) in [6.07, 6.45) is 0.541. The number of rotatable bonds is 5. The van der Waals surface area contributed by atoms with E-state index in [2.05, 4.69) is 29.1 Å². The van der Waals surface area contributed by atoms with Gasteiger partial charge in [0.1, 0.15) is 5.82 Å². The van der Waals surface area contributed by atoms with E-state index in [0.717, 1.165) is 17.2 Å². The van der Waals surface area contributed by atoms with Gasteiger partial charge in [-0.1, -0.05) is 32.0 Å². The lowest BCUT2D eigenvalue weighted by Crippen LogP contribution is -2.25. The van der Waals surface area contributed by atoms with Gasteiger partial charge in [-0.3, -0.25) is 4.79 Å². The van der Waals surface area contributed by atoms with Crippen molar-refractivity contribution >= 4 is 23.4 Å². The Bertz CT molecular complexity index is 717. The number of hydrogen-bond acceptors (Lipinski definition) is 5. The van der Waals surface area contributed by atoms with E-state index in [0.29, 0.717) is 19.5 Å². The van der Waals surface area contributed by atoms with Crippen LogP contribution in [0, 0.1) is 5.92 Å². The lowest BCUT2D eigenvalue weighted by Gasteiger charge is -2.17. The molecule has 1 fully saturated rings. The third kappa shape index (κ3) is 3.64. The lowest BCUT2D eigenvalue weighted by molar-refractivity contribution is -0.117. The molecule has 126 valence electrons. The number of hydrogen-bond donors (Lipinski definition) is 2. The first-order valence-corrected chi connectivity index (χ1v) is 8.26. The van der Waals surface area contributed by atoms with Crippen LogP contribution in [0.5, 0.6) is 0 Å². The lowest BCUT2D eigenvalue weighted by atomic mass is 10.1. The summed E-state index contributed by atoms with van der Waals surface area (Å²) in [4.78, 5) is 22.6. The molecule has 1 saturated heterocycles. The molecule has 1 aromatic carbocycles. The van der Waals surface area contributed by atoms with Crippen LogP contribution in [0.1, 0.15) is 31.9 Å². The SMILES string of the molecule is CC(C)c1cc(NCC2CC(=O)N(c3ccccc3)C2)nc(N)n1. The van der Waals surface area contributed by atoms with Crippen LogP contribution in [0.2, 0.25) is 0 Å². The zero-order chi connectivity index (χ0) is 17.1. The van der Waals surface area contributed by atoms with Crippen LogP contribution in [0.25, 0.3) is 0 Å². The van der Waals surface area contributed by atoms with E-state index in [-0.39, 0.29) is 23.7 Å². The predicted octanol–water partition coefficient (Wildman–Crippen LogP) is 2.65. The Morgan fingerprint density at radius 3 is 2.75 bits per heavy atom. The van der Waals surface area contributed by atoms with Crippen molar-refractivity contribution in [3.8, 4) is 0 Å². The van der Waals surface area contributed by atoms with E-state index in [9.17, 15) is 4.79 Å². The molecule has 6 heteroatoms. The molecule has 2 aromatic rings. The molecular formula is C18H23N5O. The van der Waals surface area contributed by atoms with Crippen LogP contribution >= 0.6 is 0 Å². The van der Waals surface area contributed by atoms with Gasteiger partial charge in [0.15, 0.2) is 0 Å². The quantitative estimate of drug-likeness (QED) is 0.883. The van der Waals surface area contributed by atoms with Gasteiger partial charge in [-0.25, -0.2) is 4.98 Å². The summed E-state index contributed by atoms with van der Waals surface area (Å²) in [6, 6.07) is 11.7. The second-order valence-electron chi connectivity index (χ2n) is 6.48. The van der Waals surface area contributed by atoms with Gasteiger partial charge >= 0.3 is 0 Å². The maximum Gasteiger partial charge on any atom is 0.227 e. The summed E-state index contributed by atoms with van der Waals surface area (Å²) in [6.45, 7) is 5.54. The van der Waals surface area contributed by atoms with Crippen molar-refractivity contribution in [1.82, 2.24) is 9.97 Å². The number of amides is 1. The molecule has 6 nitrogen and oxygen atoms in total. The molecule has 1 aliphatic heterocycles. The van der Waals surface area contributed by atoms with Crippen molar-refractivity contribution in [2.24, 2.45) is 5.92 Å². The minimum absolute atomic E-state index is 0.165. The van der Waals surface area contributed by atoms with E-state index in [1.54, 1.807) is 0 Å². The zero-order valence-corrected chi connectivity index (χ0v) is 14.1. The third-order valence-corrected chi connectivity index (χ3v) is 4.20. The average molecular weight is 325 g/mol. The molecular weight excluding hydrogens is 302 g/mol. The fourth-order valence-corrected chi connectivity index (χ4v) is 2.90. The molecule has 3 N–H and O–H groups in total. The first kappa shape index (κ1) is 16.2. The molecule has 1 unspecified atom stereocenters. The number of nitrogen functional groups attached to an aromatic ring is 1. The van der Waals surface area contributed by atoms with Crippen LogP contribution in [-0.4, -0.2) is 29.0 Å². The standard InChI is InChI=1S/C18H23N5O/c1-12(2)15-9-16(22-18(19)21-15)20-10-13-8-17(24)23(11-13)14-6-4-3-5-7-14/h3-7,9,12-13H,8,10-11H2,1-2H3,(H3,19,20,21,22). The first-order valence-electron chi connectivity index (χ1n) is 8.26. The monoisotopic (exact) mass is 325 g/mol. The number of carbonyl (C=O) groups excluding carboxylic acids is 1. The van der Waals surface area contributed by atoms with Crippen molar-refractivity contribution < 1.29 is 4.79 Å². The maximum absolute atomic E-state index is 12.2. The van der Waals surface area contributed by atoms with E-state index >= 15 is 0 Å². The van der Waals surface area contributed by atoms with Crippen LogP contribution in [0.3, 0.4) is 0 Å². The molecule has 0 bridgehead atoms. The Morgan fingerprint density at radius 1 is 1.29 bits per heavy atom. The fraction of sp³-hybridized carbons (Fsp3) is 0.389. The maximum atomic E-state index is 12.2. The highest BCUT2D eigenvalue weighted by Crippen LogP contribution is 2.25. The molecule has 2 heterocycles. The van der Waals surface area contributed by atoms with Gasteiger partial charge in [0, 0.05) is 37.2 Å². The van der Waals surface area contributed by atoms with E-state index < -0.39 is 0 Å². The van der Waals surface area contributed by atoms with Gasteiger partial charge < -0.3 is 16.0 Å². The Labute approximate surface area is 142 Å². The largest absolute Gasteiger partial charge is 0.370 e. The molecule has 0 aliphatic carbocycles. The second-order valence-corrected chi connectivity index (χ2v) is 6.48. The number of para-hydroxylation sites is 1. The molecule has 0 saturated carbocycles. The van der Waals surface area contributed by atoms with E-state index in [1.165, 1.54) is 0 Å². The van der Waals surface area contributed by atoms with Gasteiger partial charge in [-0.05, 0) is 18.1 Å². The van der Waals surface area contributed by atoms with Crippen molar-refractivity contribution in [1.29, 1.82) is 0 Å². The minimum Gasteiger partial charge on any atom is -0.370 e. The van der Waals surface area contributed by atoms with Crippen molar-refractivity contribution in [3.63, 3.8) is 0 Å². The van der Waals surface area contributed by atoms with Gasteiger partial charge in [-0.15, -0.1) is 0 Å². The summed E-state index contributed by atoms with van der Waals surface area (Å²) in [5.74, 6) is 1.70. The molecule has 0 radical (unpaired) electrons. The fourth-order valence-electron chi connectivity index (χ4n) is 2.90. The number of aromatic nitrogens is 2. The molecule has 1 aromatic heterocycles. The molecule has 3 rings (SSSR count). The average Bonchev–Trinajstić information content (AvgIpc) is 2.94. The van der Waals surface area contributed by atoms with Crippen LogP contribution in [0.15, 0.2) is 36.4 Å². The summed E-state index contributed by atoms with van der Waals surface area (Å²) >= 11 is 0. The zero-order valence-electron chi connectivity index (χ0n) is 14.1. The number of nitrogens with zero attached hydrogens (tertiary/aromatic N) is 3. The topological polar surface area (TPSA) is 84.1 Å². The highest BCUT2D eigenvalue weighted by atomic mass is 16.2. The van der Waals surface area contributed by atoms with Crippen molar-refractivity contribution in [2.45, 2.75) is 26.2 Å². The highest BCUT2D eigenvalue weighted by molar-refractivity contribution is 5.95. The molecule has 1 amide bonds. The van der Waals surface area contributed by atoms with Crippen LogP contribution < -0.4 is 16.0 Å². The first-order chi connectivity index (χ1) is 11.5. The third-order valence-electron chi connectivity index (χ3n) is 4.20. The van der Waals surface area contributed by atoms with Gasteiger partial charge in [-0.2, -0.15) is 4.98 Å². The van der Waals surface area contributed by atoms with Crippen LogP contribution in [-0.2, 0) is 4.79 Å². The number of benzene rings is 1. The summed E-state index contributed by atoms with van der Waals surface area (Å²) in [5.41, 5.74) is 7.65.